The molecule has 2 N–H and O–H groups in total. The number of hydrogen-bond donors (Lipinski definition) is 2. The molecule has 0 unspecified atom stereocenters. The summed E-state index contributed by atoms with van der Waals surface area (Å²) in [5.74, 6) is -0.312. The van der Waals surface area contributed by atoms with E-state index in [1.54, 1.807) is 19.9 Å². The van der Waals surface area contributed by atoms with Crippen LogP contribution in [0.1, 0.15) is 62.6 Å². The largest absolute Gasteiger partial charge is 0.465 e. The first kappa shape index (κ1) is 17.1. The van der Waals surface area contributed by atoms with Crippen molar-refractivity contribution in [3.63, 3.8) is 0 Å². The molecule has 0 aromatic carbocycles. The maximum absolute atomic E-state index is 12.6. The highest BCUT2D eigenvalue weighted by Gasteiger charge is 2.22. The van der Waals surface area contributed by atoms with E-state index in [1.807, 2.05) is 0 Å². The van der Waals surface area contributed by atoms with Crippen LogP contribution in [0.2, 0.25) is 0 Å². The van der Waals surface area contributed by atoms with Gasteiger partial charge in [0.1, 0.15) is 5.82 Å². The highest BCUT2D eigenvalue weighted by molar-refractivity contribution is 6.04. The molecular formula is C18H22N4O3. The molecule has 0 atom stereocenters. The maximum atomic E-state index is 12.6. The molecule has 0 spiro atoms. The number of aromatic amines is 1. The average Bonchev–Trinajstić information content (AvgIpc) is 2.83. The molecule has 2 aromatic rings. The second-order valence-electron chi connectivity index (χ2n) is 6.32. The minimum absolute atomic E-state index is 0.281. The number of esters is 1. The number of aryl methyl sites for hydroxylation is 3. The number of aromatic nitrogens is 3. The Hall–Kier alpha value is -2.70. The van der Waals surface area contributed by atoms with Gasteiger partial charge in [-0.25, -0.2) is 9.78 Å². The fraction of sp³-hybridized carbons (Fsp3) is 0.444. The monoisotopic (exact) mass is 342 g/mol. The minimum atomic E-state index is -0.432. The molecule has 0 radical (unpaired) electrons. The van der Waals surface area contributed by atoms with Crippen LogP contribution in [-0.2, 0) is 17.6 Å². The lowest BCUT2D eigenvalue weighted by molar-refractivity contribution is 0.0598. The number of nitrogens with one attached hydrogen (secondary N) is 2. The van der Waals surface area contributed by atoms with Crippen molar-refractivity contribution in [1.82, 2.24) is 15.2 Å². The molecule has 3 rings (SSSR count). The molecule has 1 aliphatic rings. The molecule has 2 aromatic heterocycles. The number of methoxy groups -OCH3 is 1. The molecule has 2 heterocycles. The van der Waals surface area contributed by atoms with Crippen LogP contribution in [0, 0.1) is 13.8 Å². The lowest BCUT2D eigenvalue weighted by atomic mass is 10.1. The number of fused-ring (bicyclic) bond motifs is 1. The van der Waals surface area contributed by atoms with Gasteiger partial charge in [0, 0.05) is 11.3 Å². The molecule has 7 heteroatoms. The summed E-state index contributed by atoms with van der Waals surface area (Å²) in [7, 11) is 1.33. The van der Waals surface area contributed by atoms with Crippen molar-refractivity contribution in [3.05, 3.63) is 39.8 Å². The highest BCUT2D eigenvalue weighted by Crippen LogP contribution is 2.23. The van der Waals surface area contributed by atoms with Crippen molar-refractivity contribution in [2.24, 2.45) is 0 Å². The minimum Gasteiger partial charge on any atom is -0.465 e. The summed E-state index contributed by atoms with van der Waals surface area (Å²) >= 11 is 0. The lowest BCUT2D eigenvalue weighted by Crippen LogP contribution is -2.17. The summed E-state index contributed by atoms with van der Waals surface area (Å²) in [4.78, 5) is 28.7. The molecule has 0 aliphatic heterocycles. The van der Waals surface area contributed by atoms with Gasteiger partial charge < -0.3 is 10.1 Å². The summed E-state index contributed by atoms with van der Waals surface area (Å²) in [5, 5.41) is 9.99. The van der Waals surface area contributed by atoms with Crippen molar-refractivity contribution in [2.45, 2.75) is 46.0 Å². The van der Waals surface area contributed by atoms with Crippen molar-refractivity contribution in [1.29, 1.82) is 0 Å². The number of amides is 1. The van der Waals surface area contributed by atoms with Gasteiger partial charge in [0.05, 0.1) is 18.4 Å². The van der Waals surface area contributed by atoms with Gasteiger partial charge in [0.25, 0.3) is 5.91 Å². The summed E-state index contributed by atoms with van der Waals surface area (Å²) in [6, 6.07) is 1.67. The number of rotatable bonds is 3. The number of nitrogens with zero attached hydrogens (tertiary/aromatic N) is 2. The normalized spacial score (nSPS) is 13.7. The fourth-order valence-corrected chi connectivity index (χ4v) is 3.33. The third-order valence-electron chi connectivity index (χ3n) is 4.55. The quantitative estimate of drug-likeness (QED) is 0.660. The third kappa shape index (κ3) is 3.40. The summed E-state index contributed by atoms with van der Waals surface area (Å²) in [6.45, 7) is 3.51. The first-order valence-corrected chi connectivity index (χ1v) is 8.45. The molecule has 7 nitrogen and oxygen atoms in total. The number of carbonyl (C=O) groups is 2. The Morgan fingerprint density at radius 1 is 1.20 bits per heavy atom. The Balaban J connectivity index is 1.85. The Morgan fingerprint density at radius 2 is 1.96 bits per heavy atom. The van der Waals surface area contributed by atoms with E-state index in [0.29, 0.717) is 28.3 Å². The van der Waals surface area contributed by atoms with E-state index in [1.165, 1.54) is 13.5 Å². The lowest BCUT2D eigenvalue weighted by Gasteiger charge is -2.11. The number of ether oxygens (including phenoxy) is 1. The molecule has 1 amide bonds. The number of carbonyl (C=O) groups excluding carboxylic acids is 2. The first-order valence-electron chi connectivity index (χ1n) is 8.45. The predicted octanol–water partition coefficient (Wildman–Crippen LogP) is 2.73. The highest BCUT2D eigenvalue weighted by atomic mass is 16.5. The average molecular weight is 342 g/mol. The second kappa shape index (κ2) is 7.04. The zero-order valence-corrected chi connectivity index (χ0v) is 14.7. The number of hydrogen-bond acceptors (Lipinski definition) is 5. The van der Waals surface area contributed by atoms with Crippen molar-refractivity contribution >= 4 is 17.7 Å². The van der Waals surface area contributed by atoms with Gasteiger partial charge in [0.15, 0.2) is 5.69 Å². The van der Waals surface area contributed by atoms with Gasteiger partial charge in [-0.2, -0.15) is 5.10 Å². The molecule has 0 bridgehead atoms. The fourth-order valence-electron chi connectivity index (χ4n) is 3.33. The predicted molar refractivity (Wildman–Crippen MR) is 92.9 cm³/mol. The van der Waals surface area contributed by atoms with Gasteiger partial charge in [-0.1, -0.05) is 6.42 Å². The topological polar surface area (TPSA) is 97.0 Å². The number of H-pyrrole nitrogens is 1. The third-order valence-corrected chi connectivity index (χ3v) is 4.55. The Kier molecular flexibility index (Phi) is 4.83. The van der Waals surface area contributed by atoms with Gasteiger partial charge >= 0.3 is 5.97 Å². The molecular weight excluding hydrogens is 320 g/mol. The van der Waals surface area contributed by atoms with Gasteiger partial charge in [-0.05, 0) is 51.2 Å². The Bertz CT molecular complexity index is 803. The maximum Gasteiger partial charge on any atom is 0.339 e. The van der Waals surface area contributed by atoms with Crippen LogP contribution >= 0.6 is 0 Å². The van der Waals surface area contributed by atoms with Crippen molar-refractivity contribution in [2.75, 3.05) is 12.4 Å². The van der Waals surface area contributed by atoms with Gasteiger partial charge in [-0.3, -0.25) is 9.89 Å². The van der Waals surface area contributed by atoms with Crippen LogP contribution in [0.25, 0.3) is 0 Å². The second-order valence-corrected chi connectivity index (χ2v) is 6.32. The summed E-state index contributed by atoms with van der Waals surface area (Å²) < 4.78 is 4.77. The molecule has 0 fully saturated rings. The smallest absolute Gasteiger partial charge is 0.339 e. The first-order chi connectivity index (χ1) is 12.0. The van der Waals surface area contributed by atoms with E-state index >= 15 is 0 Å². The van der Waals surface area contributed by atoms with Crippen LogP contribution in [0.4, 0.5) is 5.82 Å². The standard InChI is InChI=1S/C18H22N4O3/c1-10-9-14(19-11(2)15(10)18(24)25-3)20-17(23)16-12-7-5-4-6-8-13(12)21-22-16/h9H,4-8H2,1-3H3,(H,21,22)(H,19,20,23). The van der Waals surface area contributed by atoms with Gasteiger partial charge in [-0.15, -0.1) is 0 Å². The summed E-state index contributed by atoms with van der Waals surface area (Å²) in [5.41, 5.74) is 4.15. The summed E-state index contributed by atoms with van der Waals surface area (Å²) in [6.07, 6.45) is 5.14. The molecule has 132 valence electrons. The van der Waals surface area contributed by atoms with Crippen LogP contribution < -0.4 is 5.32 Å². The van der Waals surface area contributed by atoms with E-state index in [0.717, 1.165) is 36.9 Å². The van der Waals surface area contributed by atoms with E-state index in [-0.39, 0.29) is 5.91 Å². The van der Waals surface area contributed by atoms with Gasteiger partial charge in [0.2, 0.25) is 0 Å². The van der Waals surface area contributed by atoms with E-state index in [9.17, 15) is 9.59 Å². The molecule has 25 heavy (non-hydrogen) atoms. The van der Waals surface area contributed by atoms with Crippen molar-refractivity contribution < 1.29 is 14.3 Å². The van der Waals surface area contributed by atoms with Crippen LogP contribution in [-0.4, -0.2) is 34.2 Å². The molecule has 1 aliphatic carbocycles. The zero-order valence-electron chi connectivity index (χ0n) is 14.7. The Morgan fingerprint density at radius 3 is 2.68 bits per heavy atom. The van der Waals surface area contributed by atoms with E-state index in [4.69, 9.17) is 4.74 Å². The zero-order chi connectivity index (χ0) is 18.0. The van der Waals surface area contributed by atoms with Crippen LogP contribution in [0.3, 0.4) is 0 Å². The van der Waals surface area contributed by atoms with Crippen LogP contribution in [0.5, 0.6) is 0 Å². The van der Waals surface area contributed by atoms with E-state index < -0.39 is 5.97 Å². The number of anilines is 1. The Labute approximate surface area is 146 Å². The molecule has 0 saturated heterocycles. The molecule has 0 saturated carbocycles. The number of pyridine rings is 1. The van der Waals surface area contributed by atoms with E-state index in [2.05, 4.69) is 20.5 Å². The van der Waals surface area contributed by atoms with Crippen molar-refractivity contribution in [3.8, 4) is 0 Å². The SMILES string of the molecule is COC(=O)c1c(C)cc(NC(=O)c2n[nH]c3c2CCCCC3)nc1C. The van der Waals surface area contributed by atoms with Crippen LogP contribution in [0.15, 0.2) is 6.07 Å².